The first kappa shape index (κ1) is 20.2. The van der Waals surface area contributed by atoms with Crippen LogP contribution in [0.2, 0.25) is 0 Å². The zero-order valence-electron chi connectivity index (χ0n) is 18.0. The second-order valence-corrected chi connectivity index (χ2v) is 9.97. The summed E-state index contributed by atoms with van der Waals surface area (Å²) < 4.78 is 18.2. The molecule has 0 amide bonds. The van der Waals surface area contributed by atoms with Crippen molar-refractivity contribution in [2.24, 2.45) is 5.41 Å². The van der Waals surface area contributed by atoms with Crippen molar-refractivity contribution in [2.45, 2.75) is 57.8 Å². The summed E-state index contributed by atoms with van der Waals surface area (Å²) in [5, 5.41) is 12.2. The zero-order valence-corrected chi connectivity index (χ0v) is 18.0. The number of nitrogens with zero attached hydrogens (tertiary/aromatic N) is 1. The molecule has 4 rings (SSSR count). The minimum Gasteiger partial charge on any atom is -0.849 e. The van der Waals surface area contributed by atoms with Gasteiger partial charge in [-0.3, -0.25) is 9.28 Å². The van der Waals surface area contributed by atoms with E-state index < -0.39 is 11.5 Å². The van der Waals surface area contributed by atoms with Crippen LogP contribution < -0.4 is 14.6 Å². The normalized spacial score (nSPS) is 32.6. The van der Waals surface area contributed by atoms with Crippen molar-refractivity contribution in [1.29, 1.82) is 0 Å². The van der Waals surface area contributed by atoms with E-state index in [-0.39, 0.29) is 17.5 Å². The maximum Gasteiger partial charge on any atom is 0.315 e. The summed E-state index contributed by atoms with van der Waals surface area (Å²) in [5.41, 5.74) is 1.48. The number of hydrogen-bond donors (Lipinski definition) is 0. The number of methoxy groups -OCH3 is 1. The number of hydrogen-bond acceptors (Lipinski definition) is 5. The number of ether oxygens (including phenoxy) is 3. The van der Waals surface area contributed by atoms with Crippen LogP contribution in [0.5, 0.6) is 11.5 Å². The van der Waals surface area contributed by atoms with Crippen molar-refractivity contribution in [3.8, 4) is 11.5 Å². The number of quaternary nitrogens is 1. The van der Waals surface area contributed by atoms with Crippen LogP contribution >= 0.6 is 0 Å². The average Bonchev–Trinajstić information content (AvgIpc) is 2.92. The molecule has 158 valence electrons. The van der Waals surface area contributed by atoms with Crippen LogP contribution in [0.4, 0.5) is 0 Å². The number of carbonyl (C=O) groups is 1. The predicted octanol–water partition coefficient (Wildman–Crippen LogP) is 2.28. The third kappa shape index (κ3) is 3.32. The van der Waals surface area contributed by atoms with Gasteiger partial charge in [0.15, 0.2) is 11.5 Å². The fourth-order valence-corrected chi connectivity index (χ4v) is 4.81. The number of rotatable bonds is 3. The van der Waals surface area contributed by atoms with Crippen LogP contribution in [0.1, 0.15) is 44.7 Å². The number of esters is 1. The van der Waals surface area contributed by atoms with E-state index in [1.807, 2.05) is 26.8 Å². The van der Waals surface area contributed by atoms with Crippen molar-refractivity contribution in [3.63, 3.8) is 0 Å². The molecule has 4 atom stereocenters. The summed E-state index contributed by atoms with van der Waals surface area (Å²) in [4.78, 5) is 12.3. The Morgan fingerprint density at radius 2 is 2.14 bits per heavy atom. The summed E-state index contributed by atoms with van der Waals surface area (Å²) in [6.45, 7) is 7.48. The highest BCUT2D eigenvalue weighted by Crippen LogP contribution is 2.56. The van der Waals surface area contributed by atoms with Gasteiger partial charge in [0, 0.05) is 17.5 Å². The van der Waals surface area contributed by atoms with Crippen molar-refractivity contribution in [3.05, 3.63) is 35.4 Å². The van der Waals surface area contributed by atoms with Crippen LogP contribution in [0.25, 0.3) is 0 Å². The second-order valence-electron chi connectivity index (χ2n) is 9.97. The average molecular weight is 402 g/mol. The molecule has 4 unspecified atom stereocenters. The Morgan fingerprint density at radius 3 is 2.83 bits per heavy atom. The molecule has 0 radical (unpaired) electrons. The topological polar surface area (TPSA) is 67.8 Å². The first-order valence-electron chi connectivity index (χ1n) is 10.3. The molecule has 2 heterocycles. The fourth-order valence-electron chi connectivity index (χ4n) is 4.81. The largest absolute Gasteiger partial charge is 0.849 e. The van der Waals surface area contributed by atoms with E-state index in [2.05, 4.69) is 19.2 Å². The third-order valence-electron chi connectivity index (χ3n) is 6.52. The van der Waals surface area contributed by atoms with E-state index in [1.165, 1.54) is 5.56 Å². The second kappa shape index (κ2) is 6.74. The highest BCUT2D eigenvalue weighted by atomic mass is 16.5. The molecule has 6 heteroatoms. The molecule has 2 aliphatic heterocycles. The Balaban J connectivity index is 1.72. The first-order valence-corrected chi connectivity index (χ1v) is 10.3. The summed E-state index contributed by atoms with van der Waals surface area (Å²) in [7, 11) is 3.77. The van der Waals surface area contributed by atoms with E-state index in [9.17, 15) is 9.90 Å². The number of carbonyl (C=O) groups excluding carboxylic acids is 1. The lowest BCUT2D eigenvalue weighted by molar-refractivity contribution is -0.938. The van der Waals surface area contributed by atoms with Gasteiger partial charge in [-0.1, -0.05) is 6.08 Å². The van der Waals surface area contributed by atoms with E-state index >= 15 is 0 Å². The molecule has 0 saturated carbocycles. The van der Waals surface area contributed by atoms with E-state index in [0.717, 1.165) is 30.8 Å². The Kier molecular flexibility index (Phi) is 4.70. The van der Waals surface area contributed by atoms with Crippen molar-refractivity contribution < 1.29 is 28.6 Å². The minimum absolute atomic E-state index is 0.177. The van der Waals surface area contributed by atoms with Gasteiger partial charge in [-0.15, -0.1) is 12.2 Å². The van der Waals surface area contributed by atoms with Gasteiger partial charge in [0.1, 0.15) is 12.6 Å². The molecule has 0 fully saturated rings. The maximum absolute atomic E-state index is 12.3. The van der Waals surface area contributed by atoms with Gasteiger partial charge >= 0.3 is 5.97 Å². The SMILES string of the molecule is COc1ccc2c3c1OC1CC([O-])C=CC31CC[N+](C)(COC(=O)C(C)(C)C)C2. The molecule has 1 aromatic carbocycles. The monoisotopic (exact) mass is 401 g/mol. The molecular formula is C23H31NO5. The van der Waals surface area contributed by atoms with Gasteiger partial charge in [0.25, 0.3) is 0 Å². The molecule has 0 aromatic heterocycles. The zero-order chi connectivity index (χ0) is 21.0. The molecule has 0 bridgehead atoms. The lowest BCUT2D eigenvalue weighted by Crippen LogP contribution is -2.49. The Hall–Kier alpha value is -2.05. The quantitative estimate of drug-likeness (QED) is 0.442. The molecule has 29 heavy (non-hydrogen) atoms. The van der Waals surface area contributed by atoms with Crippen molar-refractivity contribution in [1.82, 2.24) is 0 Å². The Labute approximate surface area is 172 Å². The molecule has 0 saturated heterocycles. The fraction of sp³-hybridized carbons (Fsp3) is 0.609. The predicted molar refractivity (Wildman–Crippen MR) is 106 cm³/mol. The van der Waals surface area contributed by atoms with Crippen LogP contribution in [0.15, 0.2) is 24.3 Å². The molecular weight excluding hydrogens is 370 g/mol. The lowest BCUT2D eigenvalue weighted by Gasteiger charge is -2.39. The highest BCUT2D eigenvalue weighted by molar-refractivity contribution is 5.75. The van der Waals surface area contributed by atoms with Gasteiger partial charge in [-0.2, -0.15) is 0 Å². The molecule has 0 N–H and O–H groups in total. The van der Waals surface area contributed by atoms with Crippen molar-refractivity contribution in [2.75, 3.05) is 27.4 Å². The van der Waals surface area contributed by atoms with Crippen LogP contribution in [0, 0.1) is 5.41 Å². The summed E-state index contributed by atoms with van der Waals surface area (Å²) >= 11 is 0. The molecule has 6 nitrogen and oxygen atoms in total. The van der Waals surface area contributed by atoms with Gasteiger partial charge in [-0.05, 0) is 39.3 Å². The summed E-state index contributed by atoms with van der Waals surface area (Å²) in [5.74, 6) is 1.30. The maximum atomic E-state index is 12.3. The van der Waals surface area contributed by atoms with Gasteiger partial charge in [0.2, 0.25) is 6.73 Å². The molecule has 1 aromatic rings. The van der Waals surface area contributed by atoms with Crippen molar-refractivity contribution >= 4 is 5.97 Å². The van der Waals surface area contributed by atoms with E-state index in [0.29, 0.717) is 23.4 Å². The summed E-state index contributed by atoms with van der Waals surface area (Å²) in [6, 6.07) is 4.03. The minimum atomic E-state index is -0.744. The third-order valence-corrected chi connectivity index (χ3v) is 6.52. The Bertz CT molecular complexity index is 858. The van der Waals surface area contributed by atoms with Gasteiger partial charge < -0.3 is 19.3 Å². The molecule has 1 spiro atoms. The van der Waals surface area contributed by atoms with Crippen LogP contribution in [0.3, 0.4) is 0 Å². The van der Waals surface area contributed by atoms with E-state index in [1.54, 1.807) is 13.2 Å². The van der Waals surface area contributed by atoms with Gasteiger partial charge in [-0.25, -0.2) is 0 Å². The number of benzene rings is 1. The molecule has 1 aliphatic carbocycles. The van der Waals surface area contributed by atoms with Crippen LogP contribution in [-0.2, 0) is 21.5 Å². The smallest absolute Gasteiger partial charge is 0.315 e. The standard InChI is InChI=1S/C23H31NO5/c1-22(2,3)21(26)28-14-24(4)11-10-23-9-8-16(25)12-18(23)29-20-17(27-5)7-6-15(13-24)19(20)23/h6-9,16,18H,10-14H2,1-5H3. The molecule has 3 aliphatic rings. The lowest BCUT2D eigenvalue weighted by atomic mass is 9.69. The first-order chi connectivity index (χ1) is 13.6. The van der Waals surface area contributed by atoms with Crippen LogP contribution in [-0.4, -0.2) is 50.1 Å². The van der Waals surface area contributed by atoms with Gasteiger partial charge in [0.05, 0.1) is 31.5 Å². The van der Waals surface area contributed by atoms with E-state index in [4.69, 9.17) is 14.2 Å². The highest BCUT2D eigenvalue weighted by Gasteiger charge is 2.54. The summed E-state index contributed by atoms with van der Waals surface area (Å²) in [6.07, 6.45) is 4.22. The Morgan fingerprint density at radius 1 is 1.38 bits per heavy atom.